The van der Waals surface area contributed by atoms with Crippen LogP contribution < -0.4 is 0 Å². The molecule has 1 rings (SSSR count). The van der Waals surface area contributed by atoms with E-state index in [0.717, 1.165) is 24.0 Å². The second-order valence-electron chi connectivity index (χ2n) is 3.93. The van der Waals surface area contributed by atoms with E-state index >= 15 is 0 Å². The lowest BCUT2D eigenvalue weighted by molar-refractivity contribution is 0.164. The fraction of sp³-hybridized carbons (Fsp3) is 0.538. The molecule has 0 radical (unpaired) electrons. The molecule has 1 aromatic carbocycles. The first kappa shape index (κ1) is 12.2. The van der Waals surface area contributed by atoms with Gasteiger partial charge in [0, 0.05) is 0 Å². The van der Waals surface area contributed by atoms with Gasteiger partial charge in [-0.3, -0.25) is 0 Å². The van der Waals surface area contributed by atoms with Crippen molar-refractivity contribution in [1.29, 1.82) is 0 Å². The number of aryl methyl sites for hydroxylation is 1. The Morgan fingerprint density at radius 2 is 2.07 bits per heavy atom. The lowest BCUT2D eigenvalue weighted by Crippen LogP contribution is -2.10. The van der Waals surface area contributed by atoms with Gasteiger partial charge in [-0.2, -0.15) is 0 Å². The molecule has 1 N–H and O–H groups in total. The summed E-state index contributed by atoms with van der Waals surface area (Å²) in [5.74, 6) is -0.147. The van der Waals surface area contributed by atoms with Gasteiger partial charge in [-0.25, -0.2) is 4.39 Å². The normalized spacial score (nSPS) is 12.8. The Morgan fingerprint density at radius 1 is 1.33 bits per heavy atom. The molecule has 0 heterocycles. The zero-order valence-corrected chi connectivity index (χ0v) is 9.46. The zero-order valence-electron chi connectivity index (χ0n) is 9.46. The van der Waals surface area contributed by atoms with Gasteiger partial charge >= 0.3 is 0 Å². The van der Waals surface area contributed by atoms with Crippen molar-refractivity contribution < 1.29 is 9.50 Å². The van der Waals surface area contributed by atoms with Crippen LogP contribution in [0.5, 0.6) is 0 Å². The topological polar surface area (TPSA) is 20.2 Å². The average molecular weight is 210 g/mol. The van der Waals surface area contributed by atoms with Crippen LogP contribution >= 0.6 is 0 Å². The van der Waals surface area contributed by atoms with Crippen molar-refractivity contribution in [2.24, 2.45) is 0 Å². The quantitative estimate of drug-likeness (QED) is 0.791. The minimum absolute atomic E-state index is 0.147. The van der Waals surface area contributed by atoms with Crippen molar-refractivity contribution in [2.75, 3.05) is 0 Å². The van der Waals surface area contributed by atoms with E-state index in [-0.39, 0.29) is 11.9 Å². The highest BCUT2D eigenvalue weighted by Crippen LogP contribution is 2.14. The van der Waals surface area contributed by atoms with Crippen molar-refractivity contribution in [1.82, 2.24) is 0 Å². The fourth-order valence-electron chi connectivity index (χ4n) is 1.73. The molecule has 0 aliphatic heterocycles. The molecule has 84 valence electrons. The summed E-state index contributed by atoms with van der Waals surface area (Å²) in [6, 6.07) is 5.11. The zero-order chi connectivity index (χ0) is 11.3. The van der Waals surface area contributed by atoms with Crippen LogP contribution in [0.25, 0.3) is 0 Å². The van der Waals surface area contributed by atoms with E-state index < -0.39 is 0 Å². The molecule has 1 nitrogen and oxygen atoms in total. The number of benzene rings is 1. The Balaban J connectivity index is 2.69. The molecule has 2 heteroatoms. The van der Waals surface area contributed by atoms with Gasteiger partial charge in [0.25, 0.3) is 0 Å². The maximum absolute atomic E-state index is 13.2. The molecule has 0 aliphatic rings. The first-order valence-corrected chi connectivity index (χ1v) is 5.62. The Labute approximate surface area is 90.9 Å². The molecular formula is C13H19FO. The third-order valence-electron chi connectivity index (χ3n) is 2.58. The molecule has 0 saturated carbocycles. The summed E-state index contributed by atoms with van der Waals surface area (Å²) in [4.78, 5) is 0. The molecule has 1 aromatic rings. The molecule has 0 amide bonds. The van der Waals surface area contributed by atoms with E-state index in [1.165, 1.54) is 6.07 Å². The van der Waals surface area contributed by atoms with Crippen molar-refractivity contribution in [3.05, 3.63) is 35.1 Å². The van der Waals surface area contributed by atoms with Gasteiger partial charge < -0.3 is 5.11 Å². The third kappa shape index (κ3) is 3.63. The minimum atomic E-state index is -0.301. The van der Waals surface area contributed by atoms with E-state index in [9.17, 15) is 9.50 Å². The number of aliphatic hydroxyl groups excluding tert-OH is 1. The highest BCUT2D eigenvalue weighted by atomic mass is 19.1. The summed E-state index contributed by atoms with van der Waals surface area (Å²) in [7, 11) is 0. The van der Waals surface area contributed by atoms with Gasteiger partial charge in [0.05, 0.1) is 6.10 Å². The van der Waals surface area contributed by atoms with Crippen LogP contribution in [0.1, 0.15) is 37.8 Å². The summed E-state index contributed by atoms with van der Waals surface area (Å²) >= 11 is 0. The summed E-state index contributed by atoms with van der Waals surface area (Å²) < 4.78 is 13.2. The van der Waals surface area contributed by atoms with Gasteiger partial charge in [0.1, 0.15) is 5.82 Å². The minimum Gasteiger partial charge on any atom is -0.393 e. The molecule has 0 aromatic heterocycles. The lowest BCUT2D eigenvalue weighted by Gasteiger charge is -2.10. The van der Waals surface area contributed by atoms with Gasteiger partial charge in [-0.1, -0.05) is 32.4 Å². The van der Waals surface area contributed by atoms with Crippen LogP contribution in [0, 0.1) is 5.82 Å². The second-order valence-corrected chi connectivity index (χ2v) is 3.93. The molecular weight excluding hydrogens is 191 g/mol. The van der Waals surface area contributed by atoms with Crippen molar-refractivity contribution in [2.45, 2.75) is 45.6 Å². The van der Waals surface area contributed by atoms with E-state index in [2.05, 4.69) is 0 Å². The Hall–Kier alpha value is -0.890. The number of halogens is 1. The molecule has 15 heavy (non-hydrogen) atoms. The molecule has 1 atom stereocenters. The second kappa shape index (κ2) is 5.86. The van der Waals surface area contributed by atoms with Crippen LogP contribution in [-0.4, -0.2) is 11.2 Å². The molecule has 1 unspecified atom stereocenters. The van der Waals surface area contributed by atoms with Gasteiger partial charge in [-0.05, 0) is 36.5 Å². The molecule has 0 bridgehead atoms. The number of hydrogen-bond acceptors (Lipinski definition) is 1. The van der Waals surface area contributed by atoms with Crippen LogP contribution in [-0.2, 0) is 12.8 Å². The van der Waals surface area contributed by atoms with Crippen molar-refractivity contribution >= 4 is 0 Å². The van der Waals surface area contributed by atoms with Crippen LogP contribution in [0.4, 0.5) is 4.39 Å². The predicted octanol–water partition coefficient (Wildman–Crippen LogP) is 3.09. The number of aliphatic hydroxyl groups is 1. The van der Waals surface area contributed by atoms with Gasteiger partial charge in [0.15, 0.2) is 0 Å². The largest absolute Gasteiger partial charge is 0.393 e. The maximum Gasteiger partial charge on any atom is 0.126 e. The SMILES string of the molecule is CCCC(O)Cc1ccc(F)c(CC)c1. The summed E-state index contributed by atoms with van der Waals surface area (Å²) in [5.41, 5.74) is 1.75. The number of hydrogen-bond donors (Lipinski definition) is 1. The van der Waals surface area contributed by atoms with E-state index in [1.54, 1.807) is 6.07 Å². The molecule has 0 spiro atoms. The highest BCUT2D eigenvalue weighted by molar-refractivity contribution is 5.25. The Bertz CT molecular complexity index is 309. The Morgan fingerprint density at radius 3 is 2.67 bits per heavy atom. The smallest absolute Gasteiger partial charge is 0.126 e. The molecule has 0 aliphatic carbocycles. The maximum atomic E-state index is 13.2. The summed E-state index contributed by atoms with van der Waals surface area (Å²) in [5, 5.41) is 9.64. The fourth-order valence-corrected chi connectivity index (χ4v) is 1.73. The number of rotatable bonds is 5. The molecule has 0 saturated heterocycles. The van der Waals surface area contributed by atoms with E-state index in [4.69, 9.17) is 0 Å². The van der Waals surface area contributed by atoms with Crippen molar-refractivity contribution in [3.63, 3.8) is 0 Å². The first-order chi connectivity index (χ1) is 7.17. The first-order valence-electron chi connectivity index (χ1n) is 5.62. The Kier molecular flexibility index (Phi) is 4.76. The van der Waals surface area contributed by atoms with Crippen LogP contribution in [0.2, 0.25) is 0 Å². The van der Waals surface area contributed by atoms with Crippen LogP contribution in [0.3, 0.4) is 0 Å². The van der Waals surface area contributed by atoms with E-state index in [0.29, 0.717) is 12.8 Å². The highest BCUT2D eigenvalue weighted by Gasteiger charge is 2.06. The van der Waals surface area contributed by atoms with Gasteiger partial charge in [-0.15, -0.1) is 0 Å². The van der Waals surface area contributed by atoms with E-state index in [1.807, 2.05) is 19.9 Å². The lowest BCUT2D eigenvalue weighted by atomic mass is 10.0. The summed E-state index contributed by atoms with van der Waals surface area (Å²) in [6.07, 6.45) is 2.80. The standard InChI is InChI=1S/C13H19FO/c1-3-5-12(15)9-10-6-7-13(14)11(4-2)8-10/h6-8,12,15H,3-5,9H2,1-2H3. The monoisotopic (exact) mass is 210 g/mol. The van der Waals surface area contributed by atoms with Gasteiger partial charge in [0.2, 0.25) is 0 Å². The van der Waals surface area contributed by atoms with Crippen LogP contribution in [0.15, 0.2) is 18.2 Å². The summed E-state index contributed by atoms with van der Waals surface area (Å²) in [6.45, 7) is 3.98. The predicted molar refractivity (Wildman–Crippen MR) is 60.4 cm³/mol. The van der Waals surface area contributed by atoms with Crippen molar-refractivity contribution in [3.8, 4) is 0 Å². The third-order valence-corrected chi connectivity index (χ3v) is 2.58. The molecule has 0 fully saturated rings. The average Bonchev–Trinajstić information content (AvgIpc) is 2.21.